The van der Waals surface area contributed by atoms with Crippen LogP contribution in [0.2, 0.25) is 0 Å². The Labute approximate surface area is 97.0 Å². The number of nitrogens with zero attached hydrogens (tertiary/aromatic N) is 1. The van der Waals surface area contributed by atoms with Gasteiger partial charge in [0.25, 0.3) is 0 Å². The lowest BCUT2D eigenvalue weighted by atomic mass is 9.84. The van der Waals surface area contributed by atoms with Crippen molar-refractivity contribution in [1.82, 2.24) is 4.98 Å². The van der Waals surface area contributed by atoms with Gasteiger partial charge in [0, 0.05) is 29.4 Å². The largest absolute Gasteiger partial charge is 0.381 e. The van der Waals surface area contributed by atoms with E-state index in [-0.39, 0.29) is 11.9 Å². The fourth-order valence-corrected chi connectivity index (χ4v) is 2.39. The molecule has 0 aromatic carbocycles. The normalized spacial score (nSPS) is 26.6. The van der Waals surface area contributed by atoms with E-state index in [2.05, 4.69) is 27.8 Å². The second kappa shape index (κ2) is 4.58. The predicted octanol–water partition coefficient (Wildman–Crippen LogP) is 3.12. The molecule has 2 heterocycles. The second-order valence-electron chi connectivity index (χ2n) is 3.98. The predicted molar refractivity (Wildman–Crippen MR) is 59.2 cm³/mol. The average Bonchev–Trinajstić information content (AvgIpc) is 2.23. The summed E-state index contributed by atoms with van der Waals surface area (Å²) in [7, 11) is 0. The topological polar surface area (TPSA) is 22.1 Å². The van der Waals surface area contributed by atoms with Gasteiger partial charge in [0.15, 0.2) is 0 Å². The maximum absolute atomic E-state index is 13.6. The molecule has 1 aliphatic rings. The summed E-state index contributed by atoms with van der Waals surface area (Å²) in [4.78, 5) is 3.73. The van der Waals surface area contributed by atoms with E-state index in [0.29, 0.717) is 24.7 Å². The van der Waals surface area contributed by atoms with Gasteiger partial charge in [-0.2, -0.15) is 4.39 Å². The molecule has 1 saturated heterocycles. The van der Waals surface area contributed by atoms with Crippen LogP contribution in [-0.2, 0) is 4.74 Å². The highest BCUT2D eigenvalue weighted by Crippen LogP contribution is 2.33. The summed E-state index contributed by atoms with van der Waals surface area (Å²) in [5.41, 5.74) is 0.708. The molecule has 1 unspecified atom stereocenters. The summed E-state index contributed by atoms with van der Waals surface area (Å²) in [6.45, 7) is 3.50. The Morgan fingerprint density at radius 2 is 2.40 bits per heavy atom. The van der Waals surface area contributed by atoms with Crippen molar-refractivity contribution in [3.8, 4) is 0 Å². The van der Waals surface area contributed by atoms with E-state index in [0.717, 1.165) is 10.9 Å². The van der Waals surface area contributed by atoms with Crippen LogP contribution < -0.4 is 0 Å². The van der Waals surface area contributed by atoms with Gasteiger partial charge in [-0.25, -0.2) is 4.98 Å². The number of halogens is 2. The number of ether oxygens (including phenoxy) is 1. The van der Waals surface area contributed by atoms with Gasteiger partial charge in [-0.15, -0.1) is 0 Å². The zero-order valence-corrected chi connectivity index (χ0v) is 10.1. The lowest BCUT2D eigenvalue weighted by Gasteiger charge is -2.29. The van der Waals surface area contributed by atoms with E-state index in [9.17, 15) is 4.39 Å². The molecule has 2 nitrogen and oxygen atoms in total. The van der Waals surface area contributed by atoms with Crippen molar-refractivity contribution < 1.29 is 9.13 Å². The van der Waals surface area contributed by atoms with Crippen molar-refractivity contribution in [1.29, 1.82) is 0 Å². The summed E-state index contributed by atoms with van der Waals surface area (Å²) >= 11 is 3.32. The number of rotatable bonds is 1. The van der Waals surface area contributed by atoms with E-state index < -0.39 is 0 Å². The first-order valence-corrected chi connectivity index (χ1v) is 5.86. The maximum atomic E-state index is 13.6. The van der Waals surface area contributed by atoms with Crippen LogP contribution in [0.15, 0.2) is 16.7 Å². The van der Waals surface area contributed by atoms with Crippen LogP contribution in [0.4, 0.5) is 4.39 Å². The molecule has 0 saturated carbocycles. The third-order valence-electron chi connectivity index (χ3n) is 2.87. The minimum Gasteiger partial charge on any atom is -0.381 e. The molecule has 1 fully saturated rings. The molecule has 0 amide bonds. The summed E-state index contributed by atoms with van der Waals surface area (Å²) in [6, 6.07) is 1.83. The Hall–Kier alpha value is -0.480. The number of aromatic nitrogens is 1. The first kappa shape index (κ1) is 11.0. The molecule has 1 aromatic heterocycles. The average molecular weight is 274 g/mol. The fraction of sp³-hybridized carbons (Fsp3) is 0.545. The minimum atomic E-state index is -0.350. The summed E-state index contributed by atoms with van der Waals surface area (Å²) in [5.74, 6) is 0.227. The molecule has 0 aliphatic carbocycles. The van der Waals surface area contributed by atoms with Crippen molar-refractivity contribution in [2.45, 2.75) is 19.3 Å². The number of hydrogen-bond acceptors (Lipinski definition) is 2. The zero-order chi connectivity index (χ0) is 10.8. The lowest BCUT2D eigenvalue weighted by molar-refractivity contribution is 0.0463. The maximum Gasteiger partial charge on any atom is 0.216 e. The van der Waals surface area contributed by atoms with Gasteiger partial charge >= 0.3 is 0 Å². The summed E-state index contributed by atoms with van der Waals surface area (Å²) in [5, 5.41) is 0. The van der Waals surface area contributed by atoms with Crippen molar-refractivity contribution in [3.05, 3.63) is 28.2 Å². The smallest absolute Gasteiger partial charge is 0.216 e. The Kier molecular flexibility index (Phi) is 3.36. The third kappa shape index (κ3) is 2.37. The van der Waals surface area contributed by atoms with Crippen LogP contribution >= 0.6 is 15.9 Å². The fourth-order valence-electron chi connectivity index (χ4n) is 2.04. The van der Waals surface area contributed by atoms with Crippen LogP contribution in [-0.4, -0.2) is 18.2 Å². The molecule has 0 N–H and O–H groups in total. The van der Waals surface area contributed by atoms with E-state index in [1.165, 1.54) is 6.20 Å². The van der Waals surface area contributed by atoms with Crippen LogP contribution in [0.3, 0.4) is 0 Å². The summed E-state index contributed by atoms with van der Waals surface area (Å²) in [6.07, 6.45) is 2.36. The minimum absolute atomic E-state index is 0.226. The zero-order valence-electron chi connectivity index (χ0n) is 8.54. The highest BCUT2D eigenvalue weighted by molar-refractivity contribution is 9.10. The van der Waals surface area contributed by atoms with Crippen molar-refractivity contribution in [2.24, 2.45) is 5.92 Å². The van der Waals surface area contributed by atoms with Gasteiger partial charge in [0.1, 0.15) is 0 Å². The van der Waals surface area contributed by atoms with Gasteiger partial charge in [-0.3, -0.25) is 0 Å². The quantitative estimate of drug-likeness (QED) is 0.734. The van der Waals surface area contributed by atoms with Crippen LogP contribution in [0.25, 0.3) is 0 Å². The Morgan fingerprint density at radius 3 is 3.13 bits per heavy atom. The molecule has 4 heteroatoms. The molecule has 0 spiro atoms. The Balaban J connectivity index is 2.30. The summed E-state index contributed by atoms with van der Waals surface area (Å²) < 4.78 is 19.7. The molecule has 1 aromatic rings. The molecule has 1 aliphatic heterocycles. The van der Waals surface area contributed by atoms with Gasteiger partial charge in [0.05, 0.1) is 0 Å². The second-order valence-corrected chi connectivity index (χ2v) is 4.90. The van der Waals surface area contributed by atoms with Crippen molar-refractivity contribution in [2.75, 3.05) is 13.2 Å². The van der Waals surface area contributed by atoms with Gasteiger partial charge in [0.2, 0.25) is 5.95 Å². The lowest BCUT2D eigenvalue weighted by Crippen LogP contribution is -2.24. The monoisotopic (exact) mass is 273 g/mol. The van der Waals surface area contributed by atoms with Crippen LogP contribution in [0.1, 0.15) is 24.8 Å². The first-order chi connectivity index (χ1) is 7.18. The molecular formula is C11H13BrFNO. The van der Waals surface area contributed by atoms with Gasteiger partial charge in [-0.05, 0) is 40.3 Å². The first-order valence-electron chi connectivity index (χ1n) is 5.07. The highest BCUT2D eigenvalue weighted by Gasteiger charge is 2.26. The van der Waals surface area contributed by atoms with E-state index in [1.54, 1.807) is 0 Å². The van der Waals surface area contributed by atoms with Crippen LogP contribution in [0.5, 0.6) is 0 Å². The SMILES string of the molecule is C[C@H]1COCCC1c1cc(Br)cnc1F. The highest BCUT2D eigenvalue weighted by atomic mass is 79.9. The van der Waals surface area contributed by atoms with Crippen molar-refractivity contribution in [3.63, 3.8) is 0 Å². The number of pyridine rings is 1. The van der Waals surface area contributed by atoms with E-state index in [1.807, 2.05) is 6.07 Å². The number of hydrogen-bond donors (Lipinski definition) is 0. The molecule has 0 radical (unpaired) electrons. The molecule has 0 bridgehead atoms. The Bertz CT molecular complexity index is 358. The van der Waals surface area contributed by atoms with Crippen molar-refractivity contribution >= 4 is 15.9 Å². The van der Waals surface area contributed by atoms with E-state index >= 15 is 0 Å². The third-order valence-corrected chi connectivity index (χ3v) is 3.31. The van der Waals surface area contributed by atoms with Gasteiger partial charge in [-0.1, -0.05) is 6.92 Å². The Morgan fingerprint density at radius 1 is 1.60 bits per heavy atom. The molecule has 15 heavy (non-hydrogen) atoms. The van der Waals surface area contributed by atoms with Gasteiger partial charge < -0.3 is 4.74 Å². The standard InChI is InChI=1S/C11H13BrFNO/c1-7-6-15-3-2-9(7)10-4-8(12)5-14-11(10)13/h4-5,7,9H,2-3,6H2,1H3/t7-,9?/m0/s1. The molecule has 82 valence electrons. The van der Waals surface area contributed by atoms with Crippen LogP contribution in [0, 0.1) is 11.9 Å². The molecular weight excluding hydrogens is 261 g/mol. The molecule has 2 atom stereocenters. The van der Waals surface area contributed by atoms with E-state index in [4.69, 9.17) is 4.74 Å². The molecule has 2 rings (SSSR count).